The number of primary amides is 1. The zero-order valence-corrected chi connectivity index (χ0v) is 10.6. The van der Waals surface area contributed by atoms with Crippen LogP contribution in [0.3, 0.4) is 0 Å². The van der Waals surface area contributed by atoms with E-state index >= 15 is 0 Å². The number of hydrogen-bond acceptors (Lipinski definition) is 3. The molecule has 0 aliphatic heterocycles. The predicted octanol–water partition coefficient (Wildman–Crippen LogP) is 1.39. The van der Waals surface area contributed by atoms with Crippen molar-refractivity contribution in [2.75, 3.05) is 0 Å². The Hall–Kier alpha value is -1.59. The lowest BCUT2D eigenvalue weighted by atomic mass is 9.95. The minimum absolute atomic E-state index is 0.188. The number of ether oxygens (including phenoxy) is 1. The summed E-state index contributed by atoms with van der Waals surface area (Å²) in [5.41, 5.74) is 9.97. The van der Waals surface area contributed by atoms with E-state index in [0.29, 0.717) is 12.3 Å². The average Bonchev–Trinajstić information content (AvgIpc) is 2.16. The minimum Gasteiger partial charge on any atom is -0.376 e. The molecule has 98 valence electrons. The van der Waals surface area contributed by atoms with Crippen molar-refractivity contribution in [3.05, 3.63) is 0 Å². The average molecular weight is 243 g/mol. The van der Waals surface area contributed by atoms with Crippen LogP contribution in [0.25, 0.3) is 0 Å². The zero-order valence-electron chi connectivity index (χ0n) is 10.6. The van der Waals surface area contributed by atoms with E-state index in [2.05, 4.69) is 23.6 Å². The standard InChI is InChI=1S/C11H21N3O3/c1-4-8(6-5-7(2)3)9(15)14-10(12)17-11(13)16/h7-8H,4-6H2,1-3H3,(H2,13,16)(H2,12,14,15). The first-order chi connectivity index (χ1) is 7.86. The highest BCUT2D eigenvalue weighted by Crippen LogP contribution is 2.16. The predicted molar refractivity (Wildman–Crippen MR) is 65.2 cm³/mol. The lowest BCUT2D eigenvalue weighted by Gasteiger charge is -2.12. The van der Waals surface area contributed by atoms with Crippen molar-refractivity contribution < 1.29 is 14.3 Å². The Bertz CT molecular complexity index is 300. The summed E-state index contributed by atoms with van der Waals surface area (Å²) < 4.78 is 4.29. The number of nitrogens with two attached hydrogens (primary N) is 2. The molecule has 0 aromatic heterocycles. The molecule has 17 heavy (non-hydrogen) atoms. The maximum absolute atomic E-state index is 11.7. The van der Waals surface area contributed by atoms with E-state index in [9.17, 15) is 9.59 Å². The summed E-state index contributed by atoms with van der Waals surface area (Å²) in [4.78, 5) is 25.6. The third-order valence-electron chi connectivity index (χ3n) is 2.36. The Balaban J connectivity index is 4.38. The highest BCUT2D eigenvalue weighted by atomic mass is 16.6. The first-order valence-electron chi connectivity index (χ1n) is 5.72. The van der Waals surface area contributed by atoms with E-state index in [1.54, 1.807) is 0 Å². The van der Waals surface area contributed by atoms with Crippen molar-refractivity contribution in [1.29, 1.82) is 0 Å². The van der Waals surface area contributed by atoms with E-state index in [1.807, 2.05) is 6.92 Å². The van der Waals surface area contributed by atoms with E-state index in [4.69, 9.17) is 11.5 Å². The molecule has 0 aromatic carbocycles. The monoisotopic (exact) mass is 243 g/mol. The van der Waals surface area contributed by atoms with Gasteiger partial charge in [0.1, 0.15) is 0 Å². The number of hydrogen-bond donors (Lipinski definition) is 2. The number of carbonyl (C=O) groups is 2. The smallest absolute Gasteiger partial charge is 0.376 e. The van der Waals surface area contributed by atoms with Gasteiger partial charge in [-0.15, -0.1) is 0 Å². The van der Waals surface area contributed by atoms with Gasteiger partial charge in [0.2, 0.25) is 0 Å². The Morgan fingerprint density at radius 1 is 1.24 bits per heavy atom. The molecule has 1 atom stereocenters. The van der Waals surface area contributed by atoms with Crippen LogP contribution < -0.4 is 11.5 Å². The maximum atomic E-state index is 11.7. The summed E-state index contributed by atoms with van der Waals surface area (Å²) in [6.07, 6.45) is 1.30. The summed E-state index contributed by atoms with van der Waals surface area (Å²) in [7, 11) is 0. The minimum atomic E-state index is -1.07. The fourth-order valence-corrected chi connectivity index (χ4v) is 1.36. The number of carbonyl (C=O) groups excluding carboxylic acids is 2. The molecule has 0 aromatic rings. The van der Waals surface area contributed by atoms with Gasteiger partial charge in [-0.1, -0.05) is 27.2 Å². The third-order valence-corrected chi connectivity index (χ3v) is 2.36. The molecule has 0 aliphatic carbocycles. The number of nitrogens with zero attached hydrogens (tertiary/aromatic N) is 1. The van der Waals surface area contributed by atoms with Crippen LogP contribution in [0.15, 0.2) is 4.99 Å². The van der Waals surface area contributed by atoms with Crippen LogP contribution in [0.1, 0.15) is 40.0 Å². The molecule has 0 saturated carbocycles. The normalized spacial score (nSPS) is 13.5. The van der Waals surface area contributed by atoms with Crippen LogP contribution >= 0.6 is 0 Å². The van der Waals surface area contributed by atoms with Gasteiger partial charge < -0.3 is 16.2 Å². The first kappa shape index (κ1) is 15.4. The van der Waals surface area contributed by atoms with Gasteiger partial charge in [0, 0.05) is 5.92 Å². The molecule has 6 nitrogen and oxygen atoms in total. The van der Waals surface area contributed by atoms with Crippen LogP contribution in [0.5, 0.6) is 0 Å². The molecule has 6 heteroatoms. The zero-order chi connectivity index (χ0) is 13.4. The van der Waals surface area contributed by atoms with Crippen LogP contribution in [-0.4, -0.2) is 18.0 Å². The maximum Gasteiger partial charge on any atom is 0.412 e. The molecule has 4 N–H and O–H groups in total. The van der Waals surface area contributed by atoms with Crippen molar-refractivity contribution in [2.24, 2.45) is 28.3 Å². The molecule has 2 amide bonds. The lowest BCUT2D eigenvalue weighted by molar-refractivity contribution is -0.122. The van der Waals surface area contributed by atoms with Crippen LogP contribution in [0.2, 0.25) is 0 Å². The SMILES string of the molecule is CCC(CCC(C)C)C(=O)N=C(N)OC(N)=O. The highest BCUT2D eigenvalue weighted by molar-refractivity contribution is 5.94. The molecule has 0 aliphatic rings. The van der Waals surface area contributed by atoms with Gasteiger partial charge in [-0.05, 0) is 18.8 Å². The van der Waals surface area contributed by atoms with Gasteiger partial charge in [-0.3, -0.25) is 4.79 Å². The van der Waals surface area contributed by atoms with E-state index in [0.717, 1.165) is 12.8 Å². The largest absolute Gasteiger partial charge is 0.412 e. The van der Waals surface area contributed by atoms with Gasteiger partial charge in [0.25, 0.3) is 11.9 Å². The number of amides is 2. The first-order valence-corrected chi connectivity index (χ1v) is 5.72. The second-order valence-corrected chi connectivity index (χ2v) is 4.29. The molecular formula is C11H21N3O3. The van der Waals surface area contributed by atoms with Crippen molar-refractivity contribution in [1.82, 2.24) is 0 Å². The third kappa shape index (κ3) is 7.32. The van der Waals surface area contributed by atoms with Crippen LogP contribution in [0.4, 0.5) is 4.79 Å². The molecule has 0 heterocycles. The fourth-order valence-electron chi connectivity index (χ4n) is 1.36. The molecule has 0 spiro atoms. The molecule has 0 saturated heterocycles. The van der Waals surface area contributed by atoms with E-state index < -0.39 is 12.1 Å². The molecular weight excluding hydrogens is 222 g/mol. The molecule has 0 fully saturated rings. The van der Waals surface area contributed by atoms with Gasteiger partial charge in [0.15, 0.2) is 0 Å². The Morgan fingerprint density at radius 3 is 2.24 bits per heavy atom. The highest BCUT2D eigenvalue weighted by Gasteiger charge is 2.17. The Labute approximate surface area is 101 Å². The quantitative estimate of drug-likeness (QED) is 0.561. The van der Waals surface area contributed by atoms with Crippen LogP contribution in [0, 0.1) is 11.8 Å². The molecule has 0 rings (SSSR count). The summed E-state index contributed by atoms with van der Waals surface area (Å²) in [6.45, 7) is 6.08. The van der Waals surface area contributed by atoms with Gasteiger partial charge >= 0.3 is 6.09 Å². The topological polar surface area (TPSA) is 108 Å². The number of aliphatic imine (C=N–C) groups is 1. The fraction of sp³-hybridized carbons (Fsp3) is 0.727. The Morgan fingerprint density at radius 2 is 1.82 bits per heavy atom. The van der Waals surface area contributed by atoms with Crippen molar-refractivity contribution in [3.8, 4) is 0 Å². The van der Waals surface area contributed by atoms with Gasteiger partial charge in [-0.2, -0.15) is 4.99 Å². The van der Waals surface area contributed by atoms with Crippen molar-refractivity contribution >= 4 is 18.0 Å². The van der Waals surface area contributed by atoms with Crippen LogP contribution in [-0.2, 0) is 9.53 Å². The van der Waals surface area contributed by atoms with Crippen molar-refractivity contribution in [2.45, 2.75) is 40.0 Å². The van der Waals surface area contributed by atoms with Gasteiger partial charge in [-0.25, -0.2) is 4.79 Å². The summed E-state index contributed by atoms with van der Waals surface area (Å²) in [5.74, 6) is -0.0284. The number of amidine groups is 1. The molecule has 0 radical (unpaired) electrons. The van der Waals surface area contributed by atoms with Crippen molar-refractivity contribution in [3.63, 3.8) is 0 Å². The van der Waals surface area contributed by atoms with E-state index in [-0.39, 0.29) is 11.8 Å². The second kappa shape index (κ2) is 7.65. The Kier molecular flexibility index (Phi) is 6.93. The second-order valence-electron chi connectivity index (χ2n) is 4.29. The summed E-state index contributed by atoms with van der Waals surface area (Å²) >= 11 is 0. The number of rotatable bonds is 5. The molecule has 1 unspecified atom stereocenters. The van der Waals surface area contributed by atoms with E-state index in [1.165, 1.54) is 0 Å². The van der Waals surface area contributed by atoms with Gasteiger partial charge in [0.05, 0.1) is 0 Å². The summed E-state index contributed by atoms with van der Waals surface area (Å²) in [6, 6.07) is -0.495. The summed E-state index contributed by atoms with van der Waals surface area (Å²) in [5, 5.41) is 0. The lowest BCUT2D eigenvalue weighted by Crippen LogP contribution is -2.27. The molecule has 0 bridgehead atoms.